The molecule has 2 aromatic carbocycles. The van der Waals surface area contributed by atoms with Crippen molar-refractivity contribution in [3.8, 4) is 5.69 Å². The van der Waals surface area contributed by atoms with E-state index in [1.54, 1.807) is 23.1 Å². The molecule has 2 N–H and O–H groups in total. The van der Waals surface area contributed by atoms with E-state index in [0.29, 0.717) is 10.9 Å². The Morgan fingerprint density at radius 3 is 2.64 bits per heavy atom. The van der Waals surface area contributed by atoms with Gasteiger partial charge in [-0.15, -0.1) is 28.1 Å². The molecule has 4 rings (SSSR count). The second-order valence-electron chi connectivity index (χ2n) is 6.64. The molecule has 0 saturated heterocycles. The first-order valence-corrected chi connectivity index (χ1v) is 12.7. The standard InChI is InChI=1S/C22H20N6O2S3/c1-2-12-23-20(30)25-19(29)14-31-21-27-26-18(28(21)15-8-4-3-5-9-15)13-32-22-24-16-10-6-7-11-17(16)33-22/h2-11H,1,12-14H2,(H2,23,25,29,30). The number of aromatic nitrogens is 4. The van der Waals surface area contributed by atoms with Crippen molar-refractivity contribution in [3.05, 3.63) is 73.1 Å². The Labute approximate surface area is 202 Å². The van der Waals surface area contributed by atoms with Crippen LogP contribution < -0.4 is 10.6 Å². The fourth-order valence-corrected chi connectivity index (χ4v) is 5.62. The van der Waals surface area contributed by atoms with Gasteiger partial charge in [-0.1, -0.05) is 59.9 Å². The van der Waals surface area contributed by atoms with Gasteiger partial charge in [-0.05, 0) is 24.3 Å². The van der Waals surface area contributed by atoms with Gasteiger partial charge >= 0.3 is 6.03 Å². The highest BCUT2D eigenvalue weighted by molar-refractivity contribution is 8.00. The number of carbonyl (C=O) groups is 2. The average molecular weight is 497 g/mol. The summed E-state index contributed by atoms with van der Waals surface area (Å²) in [6.07, 6.45) is 1.54. The van der Waals surface area contributed by atoms with Gasteiger partial charge in [0.2, 0.25) is 5.91 Å². The van der Waals surface area contributed by atoms with Crippen molar-refractivity contribution in [1.82, 2.24) is 30.4 Å². The number of rotatable bonds is 9. The van der Waals surface area contributed by atoms with Crippen LogP contribution in [0.3, 0.4) is 0 Å². The SMILES string of the molecule is C=CCNC(=O)NC(=O)CSc1nnc(CSc2nc3ccccc3s2)n1-c1ccccc1. The monoisotopic (exact) mass is 496 g/mol. The van der Waals surface area contributed by atoms with Crippen LogP contribution in [-0.4, -0.2) is 44.0 Å². The van der Waals surface area contributed by atoms with Crippen LogP contribution in [0.5, 0.6) is 0 Å². The Bertz CT molecular complexity index is 1240. The zero-order valence-corrected chi connectivity index (χ0v) is 19.9. The van der Waals surface area contributed by atoms with Crippen LogP contribution in [0.1, 0.15) is 5.82 Å². The van der Waals surface area contributed by atoms with E-state index in [1.165, 1.54) is 17.8 Å². The van der Waals surface area contributed by atoms with Crippen LogP contribution in [0, 0.1) is 0 Å². The Morgan fingerprint density at radius 2 is 1.85 bits per heavy atom. The number of hydrogen-bond donors (Lipinski definition) is 2. The molecule has 4 aromatic rings. The first-order chi connectivity index (χ1) is 16.1. The van der Waals surface area contributed by atoms with E-state index in [1.807, 2.05) is 53.1 Å². The normalized spacial score (nSPS) is 10.8. The van der Waals surface area contributed by atoms with E-state index in [2.05, 4.69) is 38.5 Å². The Balaban J connectivity index is 1.48. The minimum absolute atomic E-state index is 0.0253. The van der Waals surface area contributed by atoms with Crippen LogP contribution in [0.15, 0.2) is 76.7 Å². The molecule has 0 saturated carbocycles. The number of thioether (sulfide) groups is 2. The first-order valence-electron chi connectivity index (χ1n) is 9.93. The quantitative estimate of drug-likeness (QED) is 0.263. The summed E-state index contributed by atoms with van der Waals surface area (Å²) in [4.78, 5) is 28.5. The molecule has 2 aromatic heterocycles. The number of imide groups is 1. The lowest BCUT2D eigenvalue weighted by Gasteiger charge is -2.10. The molecule has 0 fully saturated rings. The van der Waals surface area contributed by atoms with Gasteiger partial charge in [-0.3, -0.25) is 14.7 Å². The van der Waals surface area contributed by atoms with Crippen molar-refractivity contribution in [2.24, 2.45) is 0 Å². The molecule has 8 nitrogen and oxygen atoms in total. The summed E-state index contributed by atoms with van der Waals surface area (Å²) in [5.41, 5.74) is 1.88. The first kappa shape index (κ1) is 23.0. The molecule has 0 aliphatic carbocycles. The smallest absolute Gasteiger partial charge is 0.321 e. The van der Waals surface area contributed by atoms with Gasteiger partial charge < -0.3 is 5.32 Å². The van der Waals surface area contributed by atoms with Crippen molar-refractivity contribution < 1.29 is 9.59 Å². The van der Waals surface area contributed by atoms with Crippen molar-refractivity contribution in [2.75, 3.05) is 12.3 Å². The molecule has 11 heteroatoms. The lowest BCUT2D eigenvalue weighted by molar-refractivity contribution is -0.117. The lowest BCUT2D eigenvalue weighted by atomic mass is 10.3. The Kier molecular flexibility index (Phi) is 7.76. The predicted octanol–water partition coefficient (Wildman–Crippen LogP) is 4.27. The number of benzene rings is 2. The third-order valence-corrected chi connectivity index (χ3v) is 7.41. The van der Waals surface area contributed by atoms with E-state index in [4.69, 9.17) is 0 Å². The number of fused-ring (bicyclic) bond motifs is 1. The molecule has 0 unspecified atom stereocenters. The Hall–Kier alpha value is -3.15. The fourth-order valence-electron chi connectivity index (χ4n) is 2.86. The third-order valence-electron chi connectivity index (χ3n) is 4.31. The topological polar surface area (TPSA) is 102 Å². The summed E-state index contributed by atoms with van der Waals surface area (Å²) in [5.74, 6) is 0.919. The van der Waals surface area contributed by atoms with Gasteiger partial charge in [-0.2, -0.15) is 0 Å². The number of para-hydroxylation sites is 2. The Morgan fingerprint density at radius 1 is 1.06 bits per heavy atom. The predicted molar refractivity (Wildman–Crippen MR) is 133 cm³/mol. The maximum absolute atomic E-state index is 12.2. The summed E-state index contributed by atoms with van der Waals surface area (Å²) in [7, 11) is 0. The second-order valence-corrected chi connectivity index (χ2v) is 9.84. The molecule has 0 atom stereocenters. The molecule has 0 aliphatic rings. The van der Waals surface area contributed by atoms with Gasteiger partial charge in [-0.25, -0.2) is 9.78 Å². The molecule has 3 amide bonds. The molecule has 0 radical (unpaired) electrons. The molecular formula is C22H20N6O2S3. The van der Waals surface area contributed by atoms with Gasteiger partial charge in [0.25, 0.3) is 0 Å². The van der Waals surface area contributed by atoms with Gasteiger partial charge in [0, 0.05) is 12.2 Å². The van der Waals surface area contributed by atoms with Crippen LogP contribution in [0.2, 0.25) is 0 Å². The zero-order chi connectivity index (χ0) is 23.0. The molecule has 33 heavy (non-hydrogen) atoms. The van der Waals surface area contributed by atoms with E-state index >= 15 is 0 Å². The number of amides is 3. The molecule has 168 valence electrons. The fraction of sp³-hybridized carbons (Fsp3) is 0.136. The zero-order valence-electron chi connectivity index (χ0n) is 17.4. The van der Waals surface area contributed by atoms with E-state index in [9.17, 15) is 9.59 Å². The van der Waals surface area contributed by atoms with Gasteiger partial charge in [0.15, 0.2) is 9.50 Å². The highest BCUT2D eigenvalue weighted by Crippen LogP contribution is 2.32. The number of urea groups is 1. The van der Waals surface area contributed by atoms with Crippen LogP contribution in [0.25, 0.3) is 15.9 Å². The summed E-state index contributed by atoms with van der Waals surface area (Å²) in [5, 5.41) is 14.0. The van der Waals surface area contributed by atoms with Crippen LogP contribution in [0.4, 0.5) is 4.79 Å². The lowest BCUT2D eigenvalue weighted by Crippen LogP contribution is -2.40. The molecular weight excluding hydrogens is 476 g/mol. The van der Waals surface area contributed by atoms with Crippen molar-refractivity contribution in [1.29, 1.82) is 0 Å². The van der Waals surface area contributed by atoms with Crippen molar-refractivity contribution >= 4 is 57.0 Å². The second kappa shape index (κ2) is 11.1. The van der Waals surface area contributed by atoms with E-state index in [0.717, 1.165) is 26.1 Å². The van der Waals surface area contributed by atoms with Crippen molar-refractivity contribution in [2.45, 2.75) is 15.2 Å². The number of carbonyl (C=O) groups excluding carboxylic acids is 2. The highest BCUT2D eigenvalue weighted by Gasteiger charge is 2.17. The summed E-state index contributed by atoms with van der Waals surface area (Å²) in [6.45, 7) is 3.80. The number of thiazole rings is 1. The maximum Gasteiger partial charge on any atom is 0.321 e. The van der Waals surface area contributed by atoms with Gasteiger partial charge in [0.1, 0.15) is 5.82 Å². The largest absolute Gasteiger partial charge is 0.334 e. The number of hydrogen-bond acceptors (Lipinski definition) is 8. The highest BCUT2D eigenvalue weighted by atomic mass is 32.2. The summed E-state index contributed by atoms with van der Waals surface area (Å²) in [6, 6.07) is 17.2. The van der Waals surface area contributed by atoms with Gasteiger partial charge in [0.05, 0.1) is 21.7 Å². The third kappa shape index (κ3) is 6.01. The minimum Gasteiger partial charge on any atom is -0.334 e. The molecule has 0 bridgehead atoms. The van der Waals surface area contributed by atoms with E-state index in [-0.39, 0.29) is 12.3 Å². The summed E-state index contributed by atoms with van der Waals surface area (Å²) >= 11 is 4.46. The van der Waals surface area contributed by atoms with Crippen molar-refractivity contribution in [3.63, 3.8) is 0 Å². The minimum atomic E-state index is -0.557. The number of nitrogens with one attached hydrogen (secondary N) is 2. The average Bonchev–Trinajstić information content (AvgIpc) is 3.44. The molecule has 0 spiro atoms. The molecule has 2 heterocycles. The maximum atomic E-state index is 12.2. The molecule has 0 aliphatic heterocycles. The summed E-state index contributed by atoms with van der Waals surface area (Å²) < 4.78 is 4.03. The van der Waals surface area contributed by atoms with E-state index < -0.39 is 11.9 Å². The number of nitrogens with zero attached hydrogens (tertiary/aromatic N) is 4. The van der Waals surface area contributed by atoms with Crippen LogP contribution >= 0.6 is 34.9 Å². The van der Waals surface area contributed by atoms with Crippen LogP contribution in [-0.2, 0) is 10.5 Å².